The lowest BCUT2D eigenvalue weighted by Crippen LogP contribution is -2.18. The average molecular weight is 503 g/mol. The summed E-state index contributed by atoms with van der Waals surface area (Å²) in [5.41, 5.74) is 4.35. The van der Waals surface area contributed by atoms with Crippen molar-refractivity contribution in [2.24, 2.45) is 5.16 Å². The van der Waals surface area contributed by atoms with Crippen molar-refractivity contribution in [3.8, 4) is 0 Å². The molecule has 5 nitrogen and oxygen atoms in total. The molecule has 0 spiro atoms. The van der Waals surface area contributed by atoms with Gasteiger partial charge < -0.3 is 15.3 Å². The molecule has 0 amide bonds. The third-order valence-electron chi connectivity index (χ3n) is 7.06. The number of alkyl halides is 3. The molecule has 8 heteroatoms. The van der Waals surface area contributed by atoms with Gasteiger partial charge in [-0.25, -0.2) is 0 Å². The number of hydrogen-bond donors (Lipinski definition) is 2. The van der Waals surface area contributed by atoms with Crippen LogP contribution in [-0.4, -0.2) is 23.3 Å². The van der Waals surface area contributed by atoms with E-state index in [2.05, 4.69) is 16.5 Å². The van der Waals surface area contributed by atoms with E-state index >= 15 is 0 Å². The highest BCUT2D eigenvalue weighted by Crippen LogP contribution is 2.41. The smallest absolute Gasteiger partial charge is 0.416 e. The van der Waals surface area contributed by atoms with Crippen LogP contribution in [0.1, 0.15) is 90.7 Å². The molecule has 36 heavy (non-hydrogen) atoms. The molecule has 4 rings (SSSR count). The van der Waals surface area contributed by atoms with E-state index in [9.17, 15) is 18.0 Å². The van der Waals surface area contributed by atoms with Gasteiger partial charge in [0.05, 0.1) is 17.7 Å². The number of fused-ring (bicyclic) bond motifs is 1. The zero-order valence-corrected chi connectivity index (χ0v) is 20.4. The fourth-order valence-electron chi connectivity index (χ4n) is 5.24. The second-order valence-electron chi connectivity index (χ2n) is 9.73. The highest BCUT2D eigenvalue weighted by Gasteiger charge is 2.35. The first kappa shape index (κ1) is 26.2. The number of nitrogens with zero attached hydrogens (tertiary/aromatic N) is 1. The van der Waals surface area contributed by atoms with Crippen LogP contribution >= 0.6 is 0 Å². The van der Waals surface area contributed by atoms with Gasteiger partial charge in [0, 0.05) is 18.7 Å². The van der Waals surface area contributed by atoms with E-state index in [0.717, 1.165) is 73.8 Å². The first-order valence-electron chi connectivity index (χ1n) is 12.7. The number of hydrogen-bond acceptors (Lipinski definition) is 4. The molecule has 0 bridgehead atoms. The number of nitrogens with one attached hydrogen (secondary N) is 1. The summed E-state index contributed by atoms with van der Waals surface area (Å²) >= 11 is 0. The summed E-state index contributed by atoms with van der Waals surface area (Å²) in [5, 5.41) is 16.2. The van der Waals surface area contributed by atoms with Gasteiger partial charge in [-0.3, -0.25) is 4.79 Å². The van der Waals surface area contributed by atoms with E-state index in [1.165, 1.54) is 6.07 Å². The summed E-state index contributed by atoms with van der Waals surface area (Å²) in [5.74, 6) is -0.856. The Balaban J connectivity index is 1.41. The highest BCUT2D eigenvalue weighted by atomic mass is 19.4. The normalized spacial score (nSPS) is 17.7. The molecule has 2 aliphatic carbocycles. The summed E-state index contributed by atoms with van der Waals surface area (Å²) in [4.78, 5) is 16.2. The van der Waals surface area contributed by atoms with Crippen molar-refractivity contribution in [3.63, 3.8) is 0 Å². The summed E-state index contributed by atoms with van der Waals surface area (Å²) in [6, 6.07) is 10.7. The SMILES string of the molecule is O=C(O)CCNCc1ccc2c(c1)CCCC2=NOCc1ccc(C2CCCCC2)c(C(F)(F)F)c1. The van der Waals surface area contributed by atoms with Crippen molar-refractivity contribution < 1.29 is 27.9 Å². The standard InChI is InChI=1S/C28H33F3N2O3/c29-28(30,31)25-16-20(10-11-23(25)21-5-2-1-3-6-21)18-36-33-26-8-4-7-22-15-19(9-12-24(22)26)17-32-14-13-27(34)35/h9-12,15-16,21,32H,1-8,13-14,17-18H2,(H,34,35). The van der Waals surface area contributed by atoms with Gasteiger partial charge in [0.15, 0.2) is 0 Å². The molecule has 0 radical (unpaired) electrons. The van der Waals surface area contributed by atoms with Crippen molar-refractivity contribution >= 4 is 11.7 Å². The molecule has 2 aromatic carbocycles. The largest absolute Gasteiger partial charge is 0.481 e. The zero-order chi connectivity index (χ0) is 25.5. The number of aliphatic carboxylic acids is 1. The second-order valence-corrected chi connectivity index (χ2v) is 9.73. The number of carboxylic acid groups (broad SMARTS) is 1. The van der Waals surface area contributed by atoms with Crippen LogP contribution in [0, 0.1) is 0 Å². The predicted molar refractivity (Wildman–Crippen MR) is 132 cm³/mol. The second kappa shape index (κ2) is 11.9. The van der Waals surface area contributed by atoms with Gasteiger partial charge in [0.1, 0.15) is 6.61 Å². The van der Waals surface area contributed by atoms with Gasteiger partial charge in [-0.15, -0.1) is 0 Å². The van der Waals surface area contributed by atoms with Crippen molar-refractivity contribution in [2.75, 3.05) is 6.54 Å². The molecule has 0 aromatic heterocycles. The Hall–Kier alpha value is -2.87. The zero-order valence-electron chi connectivity index (χ0n) is 20.4. The van der Waals surface area contributed by atoms with Crippen molar-refractivity contribution in [3.05, 3.63) is 69.8 Å². The number of rotatable bonds is 9. The van der Waals surface area contributed by atoms with Crippen molar-refractivity contribution in [2.45, 2.75) is 83.0 Å². The fraction of sp³-hybridized carbons (Fsp3) is 0.500. The van der Waals surface area contributed by atoms with Crippen molar-refractivity contribution in [1.82, 2.24) is 5.32 Å². The first-order valence-corrected chi connectivity index (χ1v) is 12.7. The van der Waals surface area contributed by atoms with E-state index in [0.29, 0.717) is 24.2 Å². The minimum absolute atomic E-state index is 0.0154. The molecule has 194 valence electrons. The maximum atomic E-state index is 13.8. The van der Waals surface area contributed by atoms with Crippen LogP contribution in [0.5, 0.6) is 0 Å². The summed E-state index contributed by atoms with van der Waals surface area (Å²) < 4.78 is 41.5. The van der Waals surface area contributed by atoms with Crippen LogP contribution in [0.25, 0.3) is 0 Å². The quantitative estimate of drug-likeness (QED) is 0.300. The maximum Gasteiger partial charge on any atom is 0.416 e. The number of carboxylic acids is 1. The number of carbonyl (C=O) groups is 1. The Labute approximate surface area is 209 Å². The molecule has 0 aliphatic heterocycles. The van der Waals surface area contributed by atoms with E-state index in [4.69, 9.17) is 9.94 Å². The fourth-order valence-corrected chi connectivity index (χ4v) is 5.24. The van der Waals surface area contributed by atoms with Crippen LogP contribution in [0.15, 0.2) is 41.6 Å². The van der Waals surface area contributed by atoms with Gasteiger partial charge in [-0.05, 0) is 66.3 Å². The third-order valence-corrected chi connectivity index (χ3v) is 7.06. The average Bonchev–Trinajstić information content (AvgIpc) is 2.86. The molecule has 0 heterocycles. The summed E-state index contributed by atoms with van der Waals surface area (Å²) in [6.07, 6.45) is 2.94. The Kier molecular flexibility index (Phi) is 8.67. The Morgan fingerprint density at radius 1 is 1.03 bits per heavy atom. The number of aryl methyl sites for hydroxylation is 1. The van der Waals surface area contributed by atoms with Crippen molar-refractivity contribution in [1.29, 1.82) is 0 Å². The molecule has 0 saturated heterocycles. The lowest BCUT2D eigenvalue weighted by molar-refractivity contribution is -0.139. The minimum atomic E-state index is -4.39. The molecule has 1 fully saturated rings. The molecule has 0 atom stereocenters. The summed E-state index contributed by atoms with van der Waals surface area (Å²) in [7, 11) is 0. The number of halogens is 3. The third kappa shape index (κ3) is 6.87. The van der Waals surface area contributed by atoms with Gasteiger partial charge in [0.2, 0.25) is 0 Å². The molecule has 1 saturated carbocycles. The lowest BCUT2D eigenvalue weighted by atomic mass is 9.81. The van der Waals surface area contributed by atoms with Gasteiger partial charge in [0.25, 0.3) is 0 Å². The molecular formula is C28H33F3N2O3. The van der Waals surface area contributed by atoms with Crippen LogP contribution in [0.4, 0.5) is 13.2 Å². The molecule has 2 aliphatic rings. The van der Waals surface area contributed by atoms with Crippen LogP contribution in [0.2, 0.25) is 0 Å². The first-order chi connectivity index (χ1) is 17.3. The maximum absolute atomic E-state index is 13.8. The molecule has 2 N–H and O–H groups in total. The van der Waals surface area contributed by atoms with Gasteiger partial charge in [-0.2, -0.15) is 13.2 Å². The Bertz CT molecular complexity index is 1090. The molecule has 0 unspecified atom stereocenters. The van der Waals surface area contributed by atoms with Gasteiger partial charge in [-0.1, -0.05) is 54.8 Å². The number of oxime groups is 1. The summed E-state index contributed by atoms with van der Waals surface area (Å²) in [6.45, 7) is 0.977. The van der Waals surface area contributed by atoms with Crippen LogP contribution < -0.4 is 5.32 Å². The Morgan fingerprint density at radius 2 is 1.81 bits per heavy atom. The monoisotopic (exact) mass is 502 g/mol. The lowest BCUT2D eigenvalue weighted by Gasteiger charge is -2.25. The molecule has 2 aromatic rings. The number of benzene rings is 2. The van der Waals surface area contributed by atoms with E-state index in [1.807, 2.05) is 12.1 Å². The highest BCUT2D eigenvalue weighted by molar-refractivity contribution is 6.02. The predicted octanol–water partition coefficient (Wildman–Crippen LogP) is 6.57. The van der Waals surface area contributed by atoms with E-state index < -0.39 is 17.7 Å². The van der Waals surface area contributed by atoms with Crippen LogP contribution in [0.3, 0.4) is 0 Å². The van der Waals surface area contributed by atoms with E-state index in [-0.39, 0.29) is 18.9 Å². The topological polar surface area (TPSA) is 70.9 Å². The minimum Gasteiger partial charge on any atom is -0.481 e. The Morgan fingerprint density at radius 3 is 2.56 bits per heavy atom. The van der Waals surface area contributed by atoms with Gasteiger partial charge >= 0.3 is 12.1 Å². The molecular weight excluding hydrogens is 469 g/mol. The van der Waals surface area contributed by atoms with E-state index in [1.54, 1.807) is 12.1 Å². The van der Waals surface area contributed by atoms with Crippen LogP contribution in [-0.2, 0) is 35.4 Å².